The van der Waals surface area contributed by atoms with Crippen LogP contribution >= 0.6 is 12.2 Å². The third kappa shape index (κ3) is 2.47. The second-order valence-electron chi connectivity index (χ2n) is 2.60. The molecule has 0 saturated heterocycles. The van der Waals surface area contributed by atoms with Crippen molar-refractivity contribution in [2.24, 2.45) is 0 Å². The summed E-state index contributed by atoms with van der Waals surface area (Å²) in [7, 11) is 0. The Morgan fingerprint density at radius 2 is 1.92 bits per heavy atom. The lowest BCUT2D eigenvalue weighted by molar-refractivity contribution is 1.15. The zero-order chi connectivity index (χ0) is 8.97. The largest absolute Gasteiger partial charge is 0.350 e. The summed E-state index contributed by atoms with van der Waals surface area (Å²) in [4.78, 5) is 0.725. The molecular weight excluding hydrogens is 166 g/mol. The second kappa shape index (κ2) is 4.02. The average molecular weight is 177 g/mol. The van der Waals surface area contributed by atoms with E-state index in [2.05, 4.69) is 11.9 Å². The molecule has 1 nitrogen and oxygen atoms in total. The molecule has 0 heterocycles. The van der Waals surface area contributed by atoms with E-state index in [0.717, 1.165) is 16.2 Å². The first-order valence-electron chi connectivity index (χ1n) is 3.72. The van der Waals surface area contributed by atoms with Gasteiger partial charge < -0.3 is 5.32 Å². The van der Waals surface area contributed by atoms with Gasteiger partial charge in [-0.1, -0.05) is 49.1 Å². The van der Waals surface area contributed by atoms with E-state index in [0.29, 0.717) is 0 Å². The van der Waals surface area contributed by atoms with Crippen molar-refractivity contribution in [2.75, 3.05) is 0 Å². The van der Waals surface area contributed by atoms with Gasteiger partial charge in [0.25, 0.3) is 0 Å². The number of thiocarbonyl (C=S) groups is 1. The number of rotatable bonds is 2. The molecule has 1 N–H and O–H groups in total. The molecule has 1 aromatic carbocycles. The van der Waals surface area contributed by atoms with E-state index < -0.39 is 0 Å². The van der Waals surface area contributed by atoms with Crippen molar-refractivity contribution < 1.29 is 0 Å². The molecule has 12 heavy (non-hydrogen) atoms. The van der Waals surface area contributed by atoms with Gasteiger partial charge in [0.1, 0.15) is 4.99 Å². The van der Waals surface area contributed by atoms with Gasteiger partial charge in [-0.05, 0) is 6.92 Å². The van der Waals surface area contributed by atoms with Crippen molar-refractivity contribution in [1.82, 2.24) is 5.32 Å². The molecule has 0 atom stereocenters. The Balaban J connectivity index is 2.73. The van der Waals surface area contributed by atoms with Crippen LogP contribution < -0.4 is 5.32 Å². The van der Waals surface area contributed by atoms with Crippen LogP contribution in [0.5, 0.6) is 0 Å². The minimum absolute atomic E-state index is 0.725. The SMILES string of the molecule is C=C(C)NC(=S)c1ccccc1. The minimum Gasteiger partial charge on any atom is -0.350 e. The Hall–Kier alpha value is -1.15. The smallest absolute Gasteiger partial charge is 0.110 e. The topological polar surface area (TPSA) is 12.0 Å². The fourth-order valence-corrected chi connectivity index (χ4v) is 1.17. The fourth-order valence-electron chi connectivity index (χ4n) is 0.856. The molecule has 1 rings (SSSR count). The van der Waals surface area contributed by atoms with Crippen LogP contribution in [0.15, 0.2) is 42.6 Å². The van der Waals surface area contributed by atoms with E-state index in [1.54, 1.807) is 0 Å². The summed E-state index contributed by atoms with van der Waals surface area (Å²) in [5.41, 5.74) is 1.89. The Bertz CT molecular complexity index is 290. The molecule has 0 amide bonds. The molecular formula is C10H11NS. The predicted octanol–water partition coefficient (Wildman–Crippen LogP) is 2.49. The first-order valence-corrected chi connectivity index (χ1v) is 4.13. The summed E-state index contributed by atoms with van der Waals surface area (Å²) in [5, 5.41) is 3.00. The summed E-state index contributed by atoms with van der Waals surface area (Å²) in [6.07, 6.45) is 0. The van der Waals surface area contributed by atoms with E-state index >= 15 is 0 Å². The van der Waals surface area contributed by atoms with E-state index in [4.69, 9.17) is 12.2 Å². The molecule has 0 radical (unpaired) electrons. The summed E-state index contributed by atoms with van der Waals surface area (Å²) in [5.74, 6) is 0. The standard InChI is InChI=1S/C10H11NS/c1-8(2)11-10(12)9-6-4-3-5-7-9/h3-7H,1H2,2H3,(H,11,12). The van der Waals surface area contributed by atoms with Gasteiger partial charge >= 0.3 is 0 Å². The molecule has 0 aliphatic rings. The second-order valence-corrected chi connectivity index (χ2v) is 3.01. The van der Waals surface area contributed by atoms with Crippen molar-refractivity contribution in [2.45, 2.75) is 6.92 Å². The number of hydrogen-bond donors (Lipinski definition) is 1. The number of nitrogens with one attached hydrogen (secondary N) is 1. The minimum atomic E-state index is 0.725. The molecule has 1 aromatic rings. The maximum absolute atomic E-state index is 5.12. The highest BCUT2D eigenvalue weighted by atomic mass is 32.1. The molecule has 0 unspecified atom stereocenters. The first kappa shape index (κ1) is 8.94. The maximum Gasteiger partial charge on any atom is 0.110 e. The Labute approximate surface area is 78.1 Å². The van der Waals surface area contributed by atoms with Gasteiger partial charge in [-0.15, -0.1) is 0 Å². The lowest BCUT2D eigenvalue weighted by atomic mass is 10.2. The van der Waals surface area contributed by atoms with Crippen molar-refractivity contribution in [3.05, 3.63) is 48.2 Å². The van der Waals surface area contributed by atoms with Gasteiger partial charge in [0.2, 0.25) is 0 Å². The first-order chi connectivity index (χ1) is 5.70. The van der Waals surface area contributed by atoms with Gasteiger partial charge in [-0.3, -0.25) is 0 Å². The van der Waals surface area contributed by atoms with Gasteiger partial charge in [0.05, 0.1) is 0 Å². The van der Waals surface area contributed by atoms with Gasteiger partial charge in [-0.25, -0.2) is 0 Å². The molecule has 0 spiro atoms. The molecule has 0 aromatic heterocycles. The van der Waals surface area contributed by atoms with Crippen molar-refractivity contribution in [1.29, 1.82) is 0 Å². The Morgan fingerprint density at radius 1 is 1.33 bits per heavy atom. The summed E-state index contributed by atoms with van der Waals surface area (Å²) < 4.78 is 0. The van der Waals surface area contributed by atoms with Crippen LogP contribution in [0.2, 0.25) is 0 Å². The maximum atomic E-state index is 5.12. The van der Waals surface area contributed by atoms with Crippen molar-refractivity contribution in [3.8, 4) is 0 Å². The average Bonchev–Trinajstić information content (AvgIpc) is 2.05. The van der Waals surface area contributed by atoms with E-state index in [1.165, 1.54) is 0 Å². The fraction of sp³-hybridized carbons (Fsp3) is 0.100. The molecule has 0 saturated carbocycles. The van der Waals surface area contributed by atoms with E-state index in [9.17, 15) is 0 Å². The predicted molar refractivity (Wildman–Crippen MR) is 56.1 cm³/mol. The van der Waals surface area contributed by atoms with Crippen LogP contribution in [0.3, 0.4) is 0 Å². The highest BCUT2D eigenvalue weighted by molar-refractivity contribution is 7.80. The molecule has 0 aliphatic carbocycles. The van der Waals surface area contributed by atoms with Crippen molar-refractivity contribution >= 4 is 17.2 Å². The van der Waals surface area contributed by atoms with Crippen molar-refractivity contribution in [3.63, 3.8) is 0 Å². The van der Waals surface area contributed by atoms with Gasteiger partial charge in [-0.2, -0.15) is 0 Å². The summed E-state index contributed by atoms with van der Waals surface area (Å²) in [6.45, 7) is 5.61. The van der Waals surface area contributed by atoms with Crippen LogP contribution in [0.4, 0.5) is 0 Å². The monoisotopic (exact) mass is 177 g/mol. The highest BCUT2D eigenvalue weighted by Gasteiger charge is 1.97. The van der Waals surface area contributed by atoms with Crippen LogP contribution in [0, 0.1) is 0 Å². The lowest BCUT2D eigenvalue weighted by Gasteiger charge is -2.05. The van der Waals surface area contributed by atoms with Gasteiger partial charge in [0.15, 0.2) is 0 Å². The quantitative estimate of drug-likeness (QED) is 0.696. The number of benzene rings is 1. The van der Waals surface area contributed by atoms with Gasteiger partial charge in [0, 0.05) is 11.3 Å². The molecule has 62 valence electrons. The van der Waals surface area contributed by atoms with E-state index in [-0.39, 0.29) is 0 Å². The summed E-state index contributed by atoms with van der Waals surface area (Å²) >= 11 is 5.12. The normalized spacial score (nSPS) is 9.08. The molecule has 0 bridgehead atoms. The van der Waals surface area contributed by atoms with Crippen LogP contribution in [-0.4, -0.2) is 4.99 Å². The molecule has 2 heteroatoms. The zero-order valence-corrected chi connectivity index (χ0v) is 7.82. The molecule has 0 aliphatic heterocycles. The third-order valence-corrected chi connectivity index (χ3v) is 1.70. The van der Waals surface area contributed by atoms with Crippen LogP contribution in [0.1, 0.15) is 12.5 Å². The Morgan fingerprint density at radius 3 is 2.42 bits per heavy atom. The van der Waals surface area contributed by atoms with Crippen LogP contribution in [0.25, 0.3) is 0 Å². The zero-order valence-electron chi connectivity index (χ0n) is 7.00. The lowest BCUT2D eigenvalue weighted by Crippen LogP contribution is -2.19. The highest BCUT2D eigenvalue weighted by Crippen LogP contribution is 2.00. The summed E-state index contributed by atoms with van der Waals surface area (Å²) in [6, 6.07) is 9.83. The number of allylic oxidation sites excluding steroid dienone is 1. The Kier molecular flexibility index (Phi) is 3.00. The molecule has 0 fully saturated rings. The van der Waals surface area contributed by atoms with E-state index in [1.807, 2.05) is 37.3 Å². The number of hydrogen-bond acceptors (Lipinski definition) is 1. The van der Waals surface area contributed by atoms with Crippen LogP contribution in [-0.2, 0) is 0 Å². The third-order valence-electron chi connectivity index (χ3n) is 1.36.